The second kappa shape index (κ2) is 8.98. The standard InChI is InChI=1S/C21H22N8O3S/c1-4-33(31,32)16-6-5-15(24-10-16)9-25-19-21(30)29(13(2)3)20-17(27-19)11-26-18(28-20)14-7-22-12-23-8-14/h5-8,10-13H,4,9H2,1-3H3,(H,25,27). The van der Waals surface area contributed by atoms with Crippen molar-refractivity contribution in [2.24, 2.45) is 0 Å². The number of anilines is 1. The fourth-order valence-electron chi connectivity index (χ4n) is 3.19. The summed E-state index contributed by atoms with van der Waals surface area (Å²) < 4.78 is 25.4. The van der Waals surface area contributed by atoms with Crippen LogP contribution in [0.15, 0.2) is 52.9 Å². The summed E-state index contributed by atoms with van der Waals surface area (Å²) in [5.41, 5.74) is 1.71. The Kier molecular flexibility index (Phi) is 6.09. The molecule has 4 aromatic rings. The average Bonchev–Trinajstić information content (AvgIpc) is 2.83. The van der Waals surface area contributed by atoms with Crippen LogP contribution in [-0.2, 0) is 16.4 Å². The van der Waals surface area contributed by atoms with Crippen LogP contribution in [0.4, 0.5) is 5.82 Å². The topological polar surface area (TPSA) is 146 Å². The van der Waals surface area contributed by atoms with Gasteiger partial charge < -0.3 is 5.32 Å². The van der Waals surface area contributed by atoms with E-state index in [1.807, 2.05) is 13.8 Å². The zero-order valence-electron chi connectivity index (χ0n) is 18.3. The number of aromatic nitrogens is 7. The fourth-order valence-corrected chi connectivity index (χ4v) is 4.01. The summed E-state index contributed by atoms with van der Waals surface area (Å²) >= 11 is 0. The van der Waals surface area contributed by atoms with E-state index < -0.39 is 9.84 Å². The molecule has 0 radical (unpaired) electrons. The van der Waals surface area contributed by atoms with E-state index in [-0.39, 0.29) is 34.6 Å². The molecule has 0 aromatic carbocycles. The molecule has 0 unspecified atom stereocenters. The smallest absolute Gasteiger partial charge is 0.295 e. The van der Waals surface area contributed by atoms with E-state index in [9.17, 15) is 13.2 Å². The van der Waals surface area contributed by atoms with Crippen LogP contribution in [0.5, 0.6) is 0 Å². The van der Waals surface area contributed by atoms with E-state index >= 15 is 0 Å². The molecule has 12 heteroatoms. The van der Waals surface area contributed by atoms with Crippen molar-refractivity contribution in [2.75, 3.05) is 11.1 Å². The van der Waals surface area contributed by atoms with Crippen LogP contribution in [0, 0.1) is 0 Å². The van der Waals surface area contributed by atoms with Gasteiger partial charge in [0.2, 0.25) is 0 Å². The first-order valence-electron chi connectivity index (χ1n) is 10.3. The predicted octanol–water partition coefficient (Wildman–Crippen LogP) is 2.03. The predicted molar refractivity (Wildman–Crippen MR) is 122 cm³/mol. The lowest BCUT2D eigenvalue weighted by molar-refractivity contribution is 0.593. The third-order valence-corrected chi connectivity index (χ3v) is 6.66. The first-order valence-corrected chi connectivity index (χ1v) is 11.9. The molecule has 33 heavy (non-hydrogen) atoms. The van der Waals surface area contributed by atoms with Crippen LogP contribution in [0.25, 0.3) is 22.6 Å². The molecule has 0 aliphatic rings. The van der Waals surface area contributed by atoms with Crippen molar-refractivity contribution in [3.05, 3.63) is 59.3 Å². The molecular weight excluding hydrogens is 444 g/mol. The summed E-state index contributed by atoms with van der Waals surface area (Å²) in [6.45, 7) is 5.54. The summed E-state index contributed by atoms with van der Waals surface area (Å²) in [6.07, 6.45) is 7.48. The summed E-state index contributed by atoms with van der Waals surface area (Å²) in [5, 5.41) is 3.00. The van der Waals surface area contributed by atoms with Crippen molar-refractivity contribution in [3.8, 4) is 11.4 Å². The van der Waals surface area contributed by atoms with Gasteiger partial charge in [-0.25, -0.2) is 33.3 Å². The molecule has 4 aromatic heterocycles. The normalized spacial score (nSPS) is 11.8. The average molecular weight is 467 g/mol. The Bertz CT molecular complexity index is 1450. The molecule has 0 saturated carbocycles. The minimum absolute atomic E-state index is 0.00309. The molecular formula is C21H22N8O3S. The van der Waals surface area contributed by atoms with E-state index in [1.165, 1.54) is 18.6 Å². The van der Waals surface area contributed by atoms with Gasteiger partial charge in [-0.2, -0.15) is 0 Å². The Balaban J connectivity index is 1.67. The van der Waals surface area contributed by atoms with Crippen LogP contribution in [0.1, 0.15) is 32.5 Å². The summed E-state index contributed by atoms with van der Waals surface area (Å²) in [4.78, 5) is 38.8. The van der Waals surface area contributed by atoms with Crippen molar-refractivity contribution in [2.45, 2.75) is 38.3 Å². The molecule has 1 N–H and O–H groups in total. The molecule has 0 atom stereocenters. The zero-order valence-corrected chi connectivity index (χ0v) is 19.1. The van der Waals surface area contributed by atoms with Crippen molar-refractivity contribution in [1.29, 1.82) is 0 Å². The Morgan fingerprint density at radius 1 is 1.03 bits per heavy atom. The lowest BCUT2D eigenvalue weighted by Crippen LogP contribution is -2.27. The van der Waals surface area contributed by atoms with Gasteiger partial charge in [-0.3, -0.25) is 14.3 Å². The molecule has 0 aliphatic heterocycles. The number of hydrogen-bond donors (Lipinski definition) is 1. The van der Waals surface area contributed by atoms with Gasteiger partial charge in [-0.1, -0.05) is 6.92 Å². The summed E-state index contributed by atoms with van der Waals surface area (Å²) in [7, 11) is -3.32. The minimum Gasteiger partial charge on any atom is -0.360 e. The third-order valence-electron chi connectivity index (χ3n) is 4.94. The quantitative estimate of drug-likeness (QED) is 0.429. The second-order valence-electron chi connectivity index (χ2n) is 7.50. The van der Waals surface area contributed by atoms with Gasteiger partial charge in [-0.15, -0.1) is 0 Å². The number of fused-ring (bicyclic) bond motifs is 1. The molecule has 170 valence electrons. The van der Waals surface area contributed by atoms with Crippen LogP contribution < -0.4 is 10.9 Å². The van der Waals surface area contributed by atoms with Crippen molar-refractivity contribution >= 4 is 26.8 Å². The summed E-state index contributed by atoms with van der Waals surface area (Å²) in [6, 6.07) is 2.93. The molecule has 11 nitrogen and oxygen atoms in total. The SMILES string of the molecule is CCS(=O)(=O)c1ccc(CNc2nc3cnc(-c4cncnc4)nc3n(C(C)C)c2=O)nc1. The molecule has 4 rings (SSSR count). The number of nitrogens with one attached hydrogen (secondary N) is 1. The van der Waals surface area contributed by atoms with Gasteiger partial charge in [0.05, 0.1) is 34.6 Å². The molecule has 0 amide bonds. The molecule has 0 bridgehead atoms. The maximum absolute atomic E-state index is 13.2. The van der Waals surface area contributed by atoms with Crippen molar-refractivity contribution in [1.82, 2.24) is 34.5 Å². The van der Waals surface area contributed by atoms with Crippen molar-refractivity contribution in [3.63, 3.8) is 0 Å². The van der Waals surface area contributed by atoms with E-state index in [1.54, 1.807) is 36.1 Å². The Morgan fingerprint density at radius 2 is 1.79 bits per heavy atom. The molecule has 0 aliphatic carbocycles. The van der Waals surface area contributed by atoms with E-state index in [0.717, 1.165) is 0 Å². The Morgan fingerprint density at radius 3 is 2.42 bits per heavy atom. The highest BCUT2D eigenvalue weighted by atomic mass is 32.2. The third kappa shape index (κ3) is 4.55. The van der Waals surface area contributed by atoms with Gasteiger partial charge in [0.25, 0.3) is 5.56 Å². The molecule has 0 fully saturated rings. The van der Waals surface area contributed by atoms with Gasteiger partial charge in [0.1, 0.15) is 11.8 Å². The van der Waals surface area contributed by atoms with E-state index in [4.69, 9.17) is 0 Å². The molecule has 4 heterocycles. The first kappa shape index (κ1) is 22.4. The molecule has 0 spiro atoms. The summed E-state index contributed by atoms with van der Waals surface area (Å²) in [5.74, 6) is 0.525. The van der Waals surface area contributed by atoms with Crippen LogP contribution >= 0.6 is 0 Å². The minimum atomic E-state index is -3.32. The fraction of sp³-hybridized carbons (Fsp3) is 0.286. The van der Waals surface area contributed by atoms with E-state index in [0.29, 0.717) is 28.2 Å². The van der Waals surface area contributed by atoms with Gasteiger partial charge in [0, 0.05) is 24.6 Å². The first-order chi connectivity index (χ1) is 15.8. The van der Waals surface area contributed by atoms with Gasteiger partial charge in [0.15, 0.2) is 27.1 Å². The highest BCUT2D eigenvalue weighted by Gasteiger charge is 2.17. The number of hydrogen-bond acceptors (Lipinski definition) is 10. The second-order valence-corrected chi connectivity index (χ2v) is 9.78. The highest BCUT2D eigenvalue weighted by Crippen LogP contribution is 2.19. The lowest BCUT2D eigenvalue weighted by atomic mass is 10.3. The monoisotopic (exact) mass is 466 g/mol. The Hall–Kier alpha value is -3.80. The van der Waals surface area contributed by atoms with Crippen LogP contribution in [-0.4, -0.2) is 48.6 Å². The van der Waals surface area contributed by atoms with Gasteiger partial charge >= 0.3 is 0 Å². The van der Waals surface area contributed by atoms with Gasteiger partial charge in [-0.05, 0) is 26.0 Å². The number of rotatable bonds is 7. The number of pyridine rings is 1. The maximum Gasteiger partial charge on any atom is 0.295 e. The molecule has 0 saturated heterocycles. The Labute approximate surface area is 190 Å². The van der Waals surface area contributed by atoms with E-state index in [2.05, 4.69) is 35.2 Å². The highest BCUT2D eigenvalue weighted by molar-refractivity contribution is 7.91. The van der Waals surface area contributed by atoms with Crippen LogP contribution in [0.2, 0.25) is 0 Å². The van der Waals surface area contributed by atoms with Crippen LogP contribution in [0.3, 0.4) is 0 Å². The zero-order chi connectivity index (χ0) is 23.6. The van der Waals surface area contributed by atoms with Crippen molar-refractivity contribution < 1.29 is 8.42 Å². The lowest BCUT2D eigenvalue weighted by Gasteiger charge is -2.15. The number of nitrogens with zero attached hydrogens (tertiary/aromatic N) is 7. The number of sulfone groups is 1. The maximum atomic E-state index is 13.2. The largest absolute Gasteiger partial charge is 0.360 e.